The minimum absolute atomic E-state index is 0.585. The third-order valence-electron chi connectivity index (χ3n) is 2.95. The first-order chi connectivity index (χ1) is 9.81. The molecule has 1 N–H and O–H groups in total. The molecule has 0 aliphatic rings. The quantitative estimate of drug-likeness (QED) is 0.783. The van der Waals surface area contributed by atoms with Gasteiger partial charge in [-0.3, -0.25) is 4.98 Å². The van der Waals surface area contributed by atoms with Gasteiger partial charge in [0.15, 0.2) is 0 Å². The number of hydrogen-bond acceptors (Lipinski definition) is 4. The molecule has 98 valence electrons. The fraction of sp³-hybridized carbons (Fsp3) is 0.0625. The van der Waals surface area contributed by atoms with Crippen LogP contribution in [0.3, 0.4) is 0 Å². The Hall–Kier alpha value is -2.75. The molecule has 0 saturated carbocycles. The van der Waals surface area contributed by atoms with Crippen LogP contribution in [0, 0.1) is 6.92 Å². The van der Waals surface area contributed by atoms with Crippen LogP contribution in [-0.4, -0.2) is 15.0 Å². The molecule has 0 fully saturated rings. The molecule has 4 nitrogen and oxygen atoms in total. The largest absolute Gasteiger partial charge is 0.324 e. The van der Waals surface area contributed by atoms with E-state index in [2.05, 4.69) is 27.2 Å². The van der Waals surface area contributed by atoms with Gasteiger partial charge in [-0.1, -0.05) is 23.8 Å². The second kappa shape index (κ2) is 5.48. The molecule has 1 aromatic carbocycles. The van der Waals surface area contributed by atoms with Crippen LogP contribution >= 0.6 is 0 Å². The molecule has 2 aromatic heterocycles. The van der Waals surface area contributed by atoms with Crippen molar-refractivity contribution in [3.8, 4) is 11.1 Å². The van der Waals surface area contributed by atoms with Crippen LogP contribution in [0.4, 0.5) is 11.6 Å². The SMILES string of the molecule is Cc1ccc(Nc2ncc(-c3cccnc3)cn2)cc1. The summed E-state index contributed by atoms with van der Waals surface area (Å²) in [6, 6.07) is 12.0. The van der Waals surface area contributed by atoms with Crippen molar-refractivity contribution in [2.45, 2.75) is 6.92 Å². The minimum Gasteiger partial charge on any atom is -0.324 e. The molecule has 0 saturated heterocycles. The van der Waals surface area contributed by atoms with E-state index >= 15 is 0 Å². The zero-order valence-corrected chi connectivity index (χ0v) is 11.1. The fourth-order valence-electron chi connectivity index (χ4n) is 1.84. The second-order valence-electron chi connectivity index (χ2n) is 4.53. The molecular weight excluding hydrogens is 248 g/mol. The molecule has 0 aliphatic carbocycles. The predicted octanol–water partition coefficient (Wildman–Crippen LogP) is 3.59. The lowest BCUT2D eigenvalue weighted by atomic mass is 10.2. The summed E-state index contributed by atoms with van der Waals surface area (Å²) in [5.41, 5.74) is 4.16. The lowest BCUT2D eigenvalue weighted by Crippen LogP contribution is -1.96. The van der Waals surface area contributed by atoms with E-state index in [1.165, 1.54) is 5.56 Å². The van der Waals surface area contributed by atoms with E-state index in [1.807, 2.05) is 36.4 Å². The normalized spacial score (nSPS) is 10.2. The molecule has 0 amide bonds. The maximum absolute atomic E-state index is 4.32. The second-order valence-corrected chi connectivity index (χ2v) is 4.53. The zero-order valence-electron chi connectivity index (χ0n) is 11.1. The molecule has 0 unspecified atom stereocenters. The Kier molecular flexibility index (Phi) is 3.37. The number of pyridine rings is 1. The van der Waals surface area contributed by atoms with E-state index in [9.17, 15) is 0 Å². The van der Waals surface area contributed by atoms with Gasteiger partial charge in [0.25, 0.3) is 0 Å². The van der Waals surface area contributed by atoms with E-state index in [0.717, 1.165) is 16.8 Å². The van der Waals surface area contributed by atoms with Crippen molar-refractivity contribution in [2.24, 2.45) is 0 Å². The highest BCUT2D eigenvalue weighted by Crippen LogP contribution is 2.18. The molecule has 0 aliphatic heterocycles. The van der Waals surface area contributed by atoms with Crippen molar-refractivity contribution >= 4 is 11.6 Å². The van der Waals surface area contributed by atoms with Gasteiger partial charge >= 0.3 is 0 Å². The minimum atomic E-state index is 0.585. The van der Waals surface area contributed by atoms with Crippen LogP contribution < -0.4 is 5.32 Å². The van der Waals surface area contributed by atoms with Gasteiger partial charge in [0, 0.05) is 41.6 Å². The van der Waals surface area contributed by atoms with Gasteiger partial charge in [0.05, 0.1) is 0 Å². The van der Waals surface area contributed by atoms with Gasteiger partial charge in [0.1, 0.15) is 0 Å². The summed E-state index contributed by atoms with van der Waals surface area (Å²) in [5.74, 6) is 0.585. The lowest BCUT2D eigenvalue weighted by Gasteiger charge is -2.06. The summed E-state index contributed by atoms with van der Waals surface area (Å²) in [6.07, 6.45) is 7.13. The summed E-state index contributed by atoms with van der Waals surface area (Å²) >= 11 is 0. The van der Waals surface area contributed by atoms with Crippen molar-refractivity contribution in [3.63, 3.8) is 0 Å². The fourth-order valence-corrected chi connectivity index (χ4v) is 1.84. The number of rotatable bonds is 3. The number of nitrogens with one attached hydrogen (secondary N) is 1. The van der Waals surface area contributed by atoms with Gasteiger partial charge < -0.3 is 5.32 Å². The van der Waals surface area contributed by atoms with E-state index in [1.54, 1.807) is 24.8 Å². The average Bonchev–Trinajstić information content (AvgIpc) is 2.51. The molecule has 3 rings (SSSR count). The Morgan fingerprint density at radius 2 is 1.60 bits per heavy atom. The summed E-state index contributed by atoms with van der Waals surface area (Å²) in [6.45, 7) is 2.06. The van der Waals surface area contributed by atoms with E-state index < -0.39 is 0 Å². The van der Waals surface area contributed by atoms with Crippen molar-refractivity contribution in [2.75, 3.05) is 5.32 Å². The van der Waals surface area contributed by atoms with Gasteiger partial charge in [-0.2, -0.15) is 0 Å². The van der Waals surface area contributed by atoms with Crippen LogP contribution in [0.1, 0.15) is 5.56 Å². The molecular formula is C16H14N4. The van der Waals surface area contributed by atoms with Gasteiger partial charge in [-0.05, 0) is 25.1 Å². The van der Waals surface area contributed by atoms with Crippen molar-refractivity contribution in [1.82, 2.24) is 15.0 Å². The number of nitrogens with zero attached hydrogens (tertiary/aromatic N) is 3. The average molecular weight is 262 g/mol. The van der Waals surface area contributed by atoms with E-state index in [-0.39, 0.29) is 0 Å². The molecule has 0 bridgehead atoms. The maximum atomic E-state index is 4.32. The first-order valence-electron chi connectivity index (χ1n) is 6.37. The Morgan fingerprint density at radius 3 is 2.25 bits per heavy atom. The summed E-state index contributed by atoms with van der Waals surface area (Å²) in [5, 5.41) is 3.17. The third-order valence-corrected chi connectivity index (χ3v) is 2.95. The van der Waals surface area contributed by atoms with Gasteiger partial charge in [-0.15, -0.1) is 0 Å². The Bertz CT molecular complexity index is 676. The topological polar surface area (TPSA) is 50.7 Å². The number of anilines is 2. The summed E-state index contributed by atoms with van der Waals surface area (Å²) in [7, 11) is 0. The monoisotopic (exact) mass is 262 g/mol. The third kappa shape index (κ3) is 2.80. The van der Waals surface area contributed by atoms with Crippen LogP contribution in [0.25, 0.3) is 11.1 Å². The smallest absolute Gasteiger partial charge is 0.227 e. The van der Waals surface area contributed by atoms with Crippen LogP contribution in [-0.2, 0) is 0 Å². The molecule has 0 spiro atoms. The summed E-state index contributed by atoms with van der Waals surface area (Å²) < 4.78 is 0. The molecule has 4 heteroatoms. The van der Waals surface area contributed by atoms with Crippen LogP contribution in [0.5, 0.6) is 0 Å². The highest BCUT2D eigenvalue weighted by atomic mass is 15.1. The highest BCUT2D eigenvalue weighted by Gasteiger charge is 2.01. The van der Waals surface area contributed by atoms with E-state index in [4.69, 9.17) is 0 Å². The van der Waals surface area contributed by atoms with Crippen LogP contribution in [0.15, 0.2) is 61.2 Å². The molecule has 2 heterocycles. The number of aromatic nitrogens is 3. The highest BCUT2D eigenvalue weighted by molar-refractivity contribution is 5.61. The molecule has 0 atom stereocenters. The zero-order chi connectivity index (χ0) is 13.8. The maximum Gasteiger partial charge on any atom is 0.227 e. The standard InChI is InChI=1S/C16H14N4/c1-12-4-6-15(7-5-12)20-16-18-10-14(11-19-16)13-3-2-8-17-9-13/h2-11H,1H3,(H,18,19,20). The Balaban J connectivity index is 1.78. The predicted molar refractivity (Wildman–Crippen MR) is 79.7 cm³/mol. The van der Waals surface area contributed by atoms with Crippen molar-refractivity contribution < 1.29 is 0 Å². The Labute approximate surface area is 117 Å². The lowest BCUT2D eigenvalue weighted by molar-refractivity contribution is 1.16. The van der Waals surface area contributed by atoms with Gasteiger partial charge in [-0.25, -0.2) is 9.97 Å². The van der Waals surface area contributed by atoms with E-state index in [0.29, 0.717) is 5.95 Å². The van der Waals surface area contributed by atoms with Crippen molar-refractivity contribution in [3.05, 3.63) is 66.7 Å². The molecule has 20 heavy (non-hydrogen) atoms. The molecule has 0 radical (unpaired) electrons. The van der Waals surface area contributed by atoms with Crippen molar-refractivity contribution in [1.29, 1.82) is 0 Å². The van der Waals surface area contributed by atoms with Gasteiger partial charge in [0.2, 0.25) is 5.95 Å². The Morgan fingerprint density at radius 1 is 0.850 bits per heavy atom. The molecule has 3 aromatic rings. The number of hydrogen-bond donors (Lipinski definition) is 1. The number of benzene rings is 1. The first-order valence-corrected chi connectivity index (χ1v) is 6.37. The number of aryl methyl sites for hydroxylation is 1. The first kappa shape index (κ1) is 12.3. The summed E-state index contributed by atoms with van der Waals surface area (Å²) in [4.78, 5) is 12.7. The van der Waals surface area contributed by atoms with Crippen LogP contribution in [0.2, 0.25) is 0 Å².